The molecule has 0 saturated carbocycles. The van der Waals surface area contributed by atoms with Gasteiger partial charge in [0.25, 0.3) is 0 Å². The highest BCUT2D eigenvalue weighted by Crippen LogP contribution is 2.36. The first-order valence-electron chi connectivity index (χ1n) is 9.90. The van der Waals surface area contributed by atoms with E-state index in [0.717, 1.165) is 60.8 Å². The van der Waals surface area contributed by atoms with Gasteiger partial charge in [-0.15, -0.1) is 0 Å². The maximum atomic E-state index is 6.67. The summed E-state index contributed by atoms with van der Waals surface area (Å²) >= 11 is 6.67. The van der Waals surface area contributed by atoms with E-state index in [1.165, 1.54) is 5.56 Å². The Balaban J connectivity index is 1.44. The number of aliphatic imine (C=N–C) groups is 1. The Morgan fingerprint density at radius 1 is 1.21 bits per heavy atom. The molecule has 8 nitrogen and oxygen atoms in total. The molecule has 0 unspecified atom stereocenters. The van der Waals surface area contributed by atoms with E-state index < -0.39 is 0 Å². The summed E-state index contributed by atoms with van der Waals surface area (Å²) in [5, 5.41) is 10.7. The zero-order valence-corrected chi connectivity index (χ0v) is 17.1. The first-order chi connectivity index (χ1) is 14.1. The Labute approximate surface area is 173 Å². The number of nitrogens with zero attached hydrogens (tertiary/aromatic N) is 6. The van der Waals surface area contributed by atoms with Gasteiger partial charge >= 0.3 is 0 Å². The molecule has 2 N–H and O–H groups in total. The van der Waals surface area contributed by atoms with E-state index in [9.17, 15) is 0 Å². The average Bonchev–Trinajstić information content (AvgIpc) is 3.33. The minimum Gasteiger partial charge on any atom is -0.378 e. The number of fused-ring (bicyclic) bond motifs is 1. The Bertz CT molecular complexity index is 1060. The third-order valence-electron chi connectivity index (χ3n) is 6.07. The molecular formula is C20H24ClN7O. The van der Waals surface area contributed by atoms with Crippen LogP contribution in [0, 0.1) is 0 Å². The molecule has 0 spiro atoms. The summed E-state index contributed by atoms with van der Waals surface area (Å²) in [6.07, 6.45) is 7.60. The van der Waals surface area contributed by atoms with Crippen LogP contribution < -0.4 is 5.73 Å². The minimum atomic E-state index is 0.333. The van der Waals surface area contributed by atoms with Gasteiger partial charge < -0.3 is 10.5 Å². The van der Waals surface area contributed by atoms with Crippen molar-refractivity contribution < 1.29 is 4.74 Å². The van der Waals surface area contributed by atoms with Crippen molar-refractivity contribution in [1.82, 2.24) is 24.5 Å². The Morgan fingerprint density at radius 3 is 2.69 bits per heavy atom. The van der Waals surface area contributed by atoms with Gasteiger partial charge in [0.05, 0.1) is 43.4 Å². The number of hydrogen-bond donors (Lipinski definition) is 1. The van der Waals surface area contributed by atoms with Crippen LogP contribution in [0.1, 0.15) is 24.3 Å². The topological polar surface area (TPSA) is 86.5 Å². The second-order valence-electron chi connectivity index (χ2n) is 7.72. The maximum Gasteiger partial charge on any atom is 0.216 e. The third-order valence-corrected chi connectivity index (χ3v) is 6.40. The number of ether oxygens (including phenoxy) is 1. The normalized spacial score (nSPS) is 19.7. The lowest BCUT2D eigenvalue weighted by molar-refractivity contribution is -0.0712. The number of hydrogen-bond acceptors (Lipinski definition) is 5. The second kappa shape index (κ2) is 7.44. The summed E-state index contributed by atoms with van der Waals surface area (Å²) in [7, 11) is 1.64. The summed E-state index contributed by atoms with van der Waals surface area (Å²) in [5.41, 5.74) is 8.91. The number of aromatic nitrogens is 4. The standard InChI is InChI=1S/C20H24ClN7O/c1-23-20(22)27-10-15(9-24-27)28-19-7-17(18(21)6-14(19)8-25-28)13-2-4-26(5-3-13)16-11-29-12-16/h6-10,13,16H,2-5,11-12H2,1H3,(H2,22,23). The quantitative estimate of drug-likeness (QED) is 0.525. The Hall–Kier alpha value is -2.42. The van der Waals surface area contributed by atoms with Crippen molar-refractivity contribution in [2.24, 2.45) is 10.7 Å². The van der Waals surface area contributed by atoms with Crippen molar-refractivity contribution in [3.8, 4) is 5.69 Å². The van der Waals surface area contributed by atoms with Crippen LogP contribution in [0.5, 0.6) is 0 Å². The molecule has 2 aliphatic rings. The van der Waals surface area contributed by atoms with Gasteiger partial charge in [0.2, 0.25) is 5.96 Å². The lowest BCUT2D eigenvalue weighted by Crippen LogP contribution is -2.51. The fraction of sp³-hybridized carbons (Fsp3) is 0.450. The van der Waals surface area contributed by atoms with Gasteiger partial charge in [-0.05, 0) is 49.5 Å². The van der Waals surface area contributed by atoms with Gasteiger partial charge in [-0.3, -0.25) is 9.89 Å². The first-order valence-corrected chi connectivity index (χ1v) is 10.3. The lowest BCUT2D eigenvalue weighted by atomic mass is 9.88. The number of benzene rings is 1. The molecule has 0 bridgehead atoms. The van der Waals surface area contributed by atoms with E-state index in [-0.39, 0.29) is 0 Å². The molecule has 29 heavy (non-hydrogen) atoms. The second-order valence-corrected chi connectivity index (χ2v) is 8.12. The molecule has 152 valence electrons. The van der Waals surface area contributed by atoms with E-state index in [0.29, 0.717) is 17.9 Å². The zero-order chi connectivity index (χ0) is 20.0. The molecule has 5 rings (SSSR count). The van der Waals surface area contributed by atoms with Crippen molar-refractivity contribution in [2.75, 3.05) is 33.4 Å². The molecule has 2 aromatic heterocycles. The molecule has 2 saturated heterocycles. The van der Waals surface area contributed by atoms with Crippen LogP contribution >= 0.6 is 11.6 Å². The van der Waals surface area contributed by atoms with Crippen molar-refractivity contribution in [3.05, 3.63) is 41.3 Å². The maximum absolute atomic E-state index is 6.67. The predicted octanol–water partition coefficient (Wildman–Crippen LogP) is 2.25. The van der Waals surface area contributed by atoms with Gasteiger partial charge in [0.1, 0.15) is 5.69 Å². The fourth-order valence-electron chi connectivity index (χ4n) is 4.24. The van der Waals surface area contributed by atoms with Crippen LogP contribution in [-0.2, 0) is 4.74 Å². The number of likely N-dealkylation sites (tertiary alicyclic amines) is 1. The number of halogens is 1. The molecule has 2 fully saturated rings. The van der Waals surface area contributed by atoms with Crippen LogP contribution in [0.25, 0.3) is 16.6 Å². The summed E-state index contributed by atoms with van der Waals surface area (Å²) in [6, 6.07) is 4.81. The molecule has 3 aromatic rings. The van der Waals surface area contributed by atoms with E-state index in [1.807, 2.05) is 23.1 Å². The van der Waals surface area contributed by atoms with Crippen LogP contribution in [0.15, 0.2) is 35.7 Å². The van der Waals surface area contributed by atoms with Crippen molar-refractivity contribution in [2.45, 2.75) is 24.8 Å². The minimum absolute atomic E-state index is 0.333. The van der Waals surface area contributed by atoms with E-state index in [1.54, 1.807) is 17.9 Å². The predicted molar refractivity (Wildman–Crippen MR) is 113 cm³/mol. The number of nitrogens with two attached hydrogens (primary N) is 1. The average molecular weight is 414 g/mol. The molecule has 0 radical (unpaired) electrons. The van der Waals surface area contributed by atoms with Gasteiger partial charge in [0, 0.05) is 17.5 Å². The highest BCUT2D eigenvalue weighted by atomic mass is 35.5. The summed E-state index contributed by atoms with van der Waals surface area (Å²) < 4.78 is 8.76. The van der Waals surface area contributed by atoms with Crippen LogP contribution in [0.2, 0.25) is 5.02 Å². The van der Waals surface area contributed by atoms with Gasteiger partial charge in [-0.25, -0.2) is 9.36 Å². The number of rotatable bonds is 3. The summed E-state index contributed by atoms with van der Waals surface area (Å²) in [5.74, 6) is 0.790. The highest BCUT2D eigenvalue weighted by molar-refractivity contribution is 6.32. The van der Waals surface area contributed by atoms with Crippen LogP contribution in [-0.4, -0.2) is 69.8 Å². The largest absolute Gasteiger partial charge is 0.378 e. The van der Waals surface area contributed by atoms with E-state index >= 15 is 0 Å². The Kier molecular flexibility index (Phi) is 4.77. The molecule has 1 aromatic carbocycles. The van der Waals surface area contributed by atoms with Crippen molar-refractivity contribution >= 4 is 28.5 Å². The first kappa shape index (κ1) is 18.6. The van der Waals surface area contributed by atoms with E-state index in [2.05, 4.69) is 26.2 Å². The number of piperidine rings is 1. The highest BCUT2D eigenvalue weighted by Gasteiger charge is 2.30. The molecular weight excluding hydrogens is 390 g/mol. The zero-order valence-electron chi connectivity index (χ0n) is 16.3. The third kappa shape index (κ3) is 3.31. The Morgan fingerprint density at radius 2 is 2.00 bits per heavy atom. The fourth-order valence-corrected chi connectivity index (χ4v) is 4.57. The molecule has 0 amide bonds. The monoisotopic (exact) mass is 413 g/mol. The van der Waals surface area contributed by atoms with Gasteiger partial charge in [-0.1, -0.05) is 11.6 Å². The molecule has 9 heteroatoms. The lowest BCUT2D eigenvalue weighted by Gasteiger charge is -2.41. The molecule has 0 aliphatic carbocycles. The van der Waals surface area contributed by atoms with Crippen molar-refractivity contribution in [1.29, 1.82) is 0 Å². The SMILES string of the molecule is CN=C(N)n1cc(-n2ncc3cc(Cl)c(C4CCN(C5COC5)CC4)cc32)cn1. The van der Waals surface area contributed by atoms with Gasteiger partial charge in [0.15, 0.2) is 0 Å². The van der Waals surface area contributed by atoms with Crippen molar-refractivity contribution in [3.63, 3.8) is 0 Å². The summed E-state index contributed by atoms with van der Waals surface area (Å²) in [4.78, 5) is 6.51. The molecule has 2 aliphatic heterocycles. The van der Waals surface area contributed by atoms with Gasteiger partial charge in [-0.2, -0.15) is 10.2 Å². The van der Waals surface area contributed by atoms with Crippen LogP contribution in [0.4, 0.5) is 0 Å². The smallest absolute Gasteiger partial charge is 0.216 e. The van der Waals surface area contributed by atoms with Crippen LogP contribution in [0.3, 0.4) is 0 Å². The summed E-state index contributed by atoms with van der Waals surface area (Å²) in [6.45, 7) is 3.93. The molecule has 4 heterocycles. The molecule has 0 atom stereocenters. The van der Waals surface area contributed by atoms with E-state index in [4.69, 9.17) is 22.1 Å².